The minimum atomic E-state index is -0.956. The molecule has 106 valence electrons. The normalized spacial score (nSPS) is 15.6. The summed E-state index contributed by atoms with van der Waals surface area (Å²) in [5.74, 6) is -0.244. The van der Waals surface area contributed by atoms with Gasteiger partial charge in [0.2, 0.25) is 0 Å². The Labute approximate surface area is 119 Å². The van der Waals surface area contributed by atoms with Gasteiger partial charge >= 0.3 is 0 Å². The van der Waals surface area contributed by atoms with Gasteiger partial charge in [0.1, 0.15) is 5.82 Å². The molecule has 2 atom stereocenters. The first-order chi connectivity index (χ1) is 9.49. The summed E-state index contributed by atoms with van der Waals surface area (Å²) in [6.45, 7) is 4.12. The number of aliphatic hydroxyl groups is 1. The van der Waals surface area contributed by atoms with E-state index in [0.29, 0.717) is 6.54 Å². The Kier molecular flexibility index (Phi) is 4.53. The van der Waals surface area contributed by atoms with Crippen LogP contribution < -0.4 is 5.32 Å². The summed E-state index contributed by atoms with van der Waals surface area (Å²) < 4.78 is 13.2. The molecule has 0 saturated heterocycles. The van der Waals surface area contributed by atoms with Crippen molar-refractivity contribution < 1.29 is 9.50 Å². The van der Waals surface area contributed by atoms with Gasteiger partial charge < -0.3 is 10.4 Å². The van der Waals surface area contributed by atoms with Crippen molar-refractivity contribution in [2.75, 3.05) is 6.54 Å². The fourth-order valence-electron chi connectivity index (χ4n) is 2.14. The van der Waals surface area contributed by atoms with Gasteiger partial charge in [0.25, 0.3) is 0 Å². The highest BCUT2D eigenvalue weighted by Crippen LogP contribution is 2.21. The van der Waals surface area contributed by atoms with Crippen LogP contribution in [0.3, 0.4) is 0 Å². The summed E-state index contributed by atoms with van der Waals surface area (Å²) >= 11 is 0. The highest BCUT2D eigenvalue weighted by molar-refractivity contribution is 5.23. The summed E-state index contributed by atoms with van der Waals surface area (Å²) in [7, 11) is 0. The first-order valence-electron chi connectivity index (χ1n) is 6.76. The van der Waals surface area contributed by atoms with E-state index in [1.165, 1.54) is 12.1 Å². The number of rotatable bonds is 5. The van der Waals surface area contributed by atoms with Crippen molar-refractivity contribution in [2.45, 2.75) is 25.5 Å². The highest BCUT2D eigenvalue weighted by atomic mass is 19.1. The van der Waals surface area contributed by atoms with E-state index in [1.807, 2.05) is 43.3 Å². The van der Waals surface area contributed by atoms with Gasteiger partial charge in [-0.15, -0.1) is 0 Å². The van der Waals surface area contributed by atoms with E-state index in [4.69, 9.17) is 0 Å². The highest BCUT2D eigenvalue weighted by Gasteiger charge is 2.23. The van der Waals surface area contributed by atoms with Crippen LogP contribution in [0.2, 0.25) is 0 Å². The predicted octanol–water partition coefficient (Wildman–Crippen LogP) is 3.38. The van der Waals surface area contributed by atoms with E-state index in [2.05, 4.69) is 5.32 Å². The van der Waals surface area contributed by atoms with Gasteiger partial charge in [-0.3, -0.25) is 0 Å². The third kappa shape index (κ3) is 3.65. The smallest absolute Gasteiger partial charge is 0.123 e. The average molecular weight is 273 g/mol. The molecule has 0 saturated carbocycles. The molecule has 2 aromatic carbocycles. The van der Waals surface area contributed by atoms with Crippen LogP contribution in [-0.4, -0.2) is 11.7 Å². The predicted molar refractivity (Wildman–Crippen MR) is 78.8 cm³/mol. The molecule has 2 nitrogen and oxygen atoms in total. The summed E-state index contributed by atoms with van der Waals surface area (Å²) in [5.41, 5.74) is 0.774. The van der Waals surface area contributed by atoms with Crippen molar-refractivity contribution in [2.24, 2.45) is 0 Å². The first-order valence-corrected chi connectivity index (χ1v) is 6.76. The van der Waals surface area contributed by atoms with E-state index >= 15 is 0 Å². The zero-order valence-electron chi connectivity index (χ0n) is 11.8. The Balaban J connectivity index is 2.01. The molecule has 0 bridgehead atoms. The van der Waals surface area contributed by atoms with E-state index in [1.54, 1.807) is 13.0 Å². The van der Waals surface area contributed by atoms with Crippen LogP contribution in [0.25, 0.3) is 0 Å². The number of hydrogen-bond acceptors (Lipinski definition) is 2. The zero-order valence-corrected chi connectivity index (χ0v) is 11.8. The SMILES string of the molecule is C[C@H](NCC(C)(O)c1ccccc1)c1cccc(F)c1. The second kappa shape index (κ2) is 6.16. The van der Waals surface area contributed by atoms with Crippen molar-refractivity contribution in [3.8, 4) is 0 Å². The van der Waals surface area contributed by atoms with Crippen LogP contribution in [0.15, 0.2) is 54.6 Å². The Hall–Kier alpha value is -1.71. The second-order valence-corrected chi connectivity index (χ2v) is 5.30. The standard InChI is InChI=1S/C17H20FNO/c1-13(14-7-6-10-16(18)11-14)19-12-17(2,20)15-8-4-3-5-9-15/h3-11,13,19-20H,12H2,1-2H3/t13-,17?/m0/s1. The average Bonchev–Trinajstić information content (AvgIpc) is 2.46. The molecule has 0 aromatic heterocycles. The topological polar surface area (TPSA) is 32.3 Å². The molecular weight excluding hydrogens is 253 g/mol. The minimum absolute atomic E-state index is 0.0270. The van der Waals surface area contributed by atoms with Crippen LogP contribution in [0.1, 0.15) is 31.0 Å². The maximum atomic E-state index is 13.2. The van der Waals surface area contributed by atoms with Crippen molar-refractivity contribution in [3.05, 3.63) is 71.5 Å². The Morgan fingerprint density at radius 2 is 1.85 bits per heavy atom. The third-order valence-electron chi connectivity index (χ3n) is 3.50. The minimum Gasteiger partial charge on any atom is -0.384 e. The van der Waals surface area contributed by atoms with Gasteiger partial charge in [-0.1, -0.05) is 42.5 Å². The Morgan fingerprint density at radius 1 is 1.15 bits per heavy atom. The Bertz CT molecular complexity index is 554. The molecule has 0 spiro atoms. The van der Waals surface area contributed by atoms with E-state index in [0.717, 1.165) is 11.1 Å². The second-order valence-electron chi connectivity index (χ2n) is 5.30. The number of nitrogens with one attached hydrogen (secondary N) is 1. The molecule has 0 aliphatic heterocycles. The van der Waals surface area contributed by atoms with Crippen LogP contribution in [0.5, 0.6) is 0 Å². The summed E-state index contributed by atoms with van der Waals surface area (Å²) in [6, 6.07) is 16.0. The molecule has 2 aromatic rings. The fraction of sp³-hybridized carbons (Fsp3) is 0.294. The summed E-state index contributed by atoms with van der Waals surface area (Å²) in [4.78, 5) is 0. The van der Waals surface area contributed by atoms with Gasteiger partial charge in [0.05, 0.1) is 5.60 Å². The van der Waals surface area contributed by atoms with E-state index in [9.17, 15) is 9.50 Å². The lowest BCUT2D eigenvalue weighted by Crippen LogP contribution is -2.36. The first kappa shape index (κ1) is 14.7. The quantitative estimate of drug-likeness (QED) is 0.875. The number of benzene rings is 2. The molecular formula is C17H20FNO. The third-order valence-corrected chi connectivity index (χ3v) is 3.50. The van der Waals surface area contributed by atoms with Crippen molar-refractivity contribution in [1.82, 2.24) is 5.32 Å². The van der Waals surface area contributed by atoms with Crippen LogP contribution in [0, 0.1) is 5.82 Å². The summed E-state index contributed by atoms with van der Waals surface area (Å²) in [5, 5.41) is 13.7. The van der Waals surface area contributed by atoms with Crippen molar-refractivity contribution >= 4 is 0 Å². The van der Waals surface area contributed by atoms with Gasteiger partial charge in [-0.2, -0.15) is 0 Å². The van der Waals surface area contributed by atoms with Gasteiger partial charge in [0.15, 0.2) is 0 Å². The Morgan fingerprint density at radius 3 is 2.50 bits per heavy atom. The van der Waals surface area contributed by atoms with Crippen LogP contribution in [-0.2, 0) is 5.60 Å². The maximum absolute atomic E-state index is 13.2. The molecule has 3 heteroatoms. The molecule has 20 heavy (non-hydrogen) atoms. The van der Waals surface area contributed by atoms with Gasteiger partial charge in [-0.05, 0) is 37.1 Å². The maximum Gasteiger partial charge on any atom is 0.123 e. The van der Waals surface area contributed by atoms with E-state index in [-0.39, 0.29) is 11.9 Å². The summed E-state index contributed by atoms with van der Waals surface area (Å²) in [6.07, 6.45) is 0. The van der Waals surface area contributed by atoms with Crippen LogP contribution in [0.4, 0.5) is 4.39 Å². The largest absolute Gasteiger partial charge is 0.384 e. The number of halogens is 1. The fourth-order valence-corrected chi connectivity index (χ4v) is 2.14. The molecule has 2 N–H and O–H groups in total. The molecule has 2 rings (SSSR count). The lowest BCUT2D eigenvalue weighted by Gasteiger charge is -2.26. The monoisotopic (exact) mass is 273 g/mol. The van der Waals surface area contributed by atoms with E-state index < -0.39 is 5.60 Å². The molecule has 0 amide bonds. The van der Waals surface area contributed by atoms with Gasteiger partial charge in [-0.25, -0.2) is 4.39 Å². The number of hydrogen-bond donors (Lipinski definition) is 2. The molecule has 0 fully saturated rings. The van der Waals surface area contributed by atoms with Crippen LogP contribution >= 0.6 is 0 Å². The van der Waals surface area contributed by atoms with Crippen molar-refractivity contribution in [1.29, 1.82) is 0 Å². The van der Waals surface area contributed by atoms with Gasteiger partial charge in [0, 0.05) is 12.6 Å². The molecule has 0 heterocycles. The van der Waals surface area contributed by atoms with Crippen molar-refractivity contribution in [3.63, 3.8) is 0 Å². The zero-order chi connectivity index (χ0) is 14.6. The lowest BCUT2D eigenvalue weighted by molar-refractivity contribution is 0.0543. The molecule has 1 unspecified atom stereocenters. The molecule has 0 aliphatic carbocycles. The lowest BCUT2D eigenvalue weighted by atomic mass is 9.95. The molecule has 0 radical (unpaired) electrons. The molecule has 0 aliphatic rings.